The Hall–Kier alpha value is -3.42. The first-order chi connectivity index (χ1) is 14.6. The van der Waals surface area contributed by atoms with E-state index in [1.165, 1.54) is 4.57 Å². The zero-order valence-corrected chi connectivity index (χ0v) is 17.5. The van der Waals surface area contributed by atoms with Gasteiger partial charge in [0.25, 0.3) is 0 Å². The van der Waals surface area contributed by atoms with E-state index in [9.17, 15) is 23.3 Å². The summed E-state index contributed by atoms with van der Waals surface area (Å²) in [5.41, 5.74) is 8.19. The highest BCUT2D eigenvalue weighted by atomic mass is 32.2. The van der Waals surface area contributed by atoms with Crippen LogP contribution in [0.15, 0.2) is 51.7 Å². The van der Waals surface area contributed by atoms with E-state index >= 15 is 0 Å². The number of rotatable bonds is 5. The van der Waals surface area contributed by atoms with E-state index in [0.717, 1.165) is 16.7 Å². The molecule has 2 aromatic carbocycles. The number of nitrogens with two attached hydrogens (primary N) is 1. The lowest BCUT2D eigenvalue weighted by Gasteiger charge is -2.36. The molecule has 9 nitrogen and oxygen atoms in total. The molecule has 1 unspecified atom stereocenters. The van der Waals surface area contributed by atoms with Crippen molar-refractivity contribution in [3.05, 3.63) is 58.6 Å². The number of nitrogens with zero attached hydrogens (tertiary/aromatic N) is 2. The van der Waals surface area contributed by atoms with Gasteiger partial charge in [-0.05, 0) is 28.8 Å². The van der Waals surface area contributed by atoms with E-state index in [1.807, 2.05) is 42.5 Å². The van der Waals surface area contributed by atoms with E-state index in [1.54, 1.807) is 13.1 Å². The lowest BCUT2D eigenvalue weighted by molar-refractivity contribution is -0.125. The number of oxazole rings is 1. The molecule has 1 saturated heterocycles. The largest absolute Gasteiger partial charge is 0.419 e. The van der Waals surface area contributed by atoms with E-state index in [0.29, 0.717) is 11.1 Å². The minimum Gasteiger partial charge on any atom is -0.408 e. The topological polar surface area (TPSA) is 148 Å². The van der Waals surface area contributed by atoms with Gasteiger partial charge in [-0.2, -0.15) is 5.26 Å². The van der Waals surface area contributed by atoms with E-state index < -0.39 is 44.6 Å². The molecule has 0 spiro atoms. The molecule has 1 aromatic heterocycles. The van der Waals surface area contributed by atoms with Crippen molar-refractivity contribution in [3.63, 3.8) is 0 Å². The van der Waals surface area contributed by atoms with Gasteiger partial charge >= 0.3 is 5.76 Å². The lowest BCUT2D eigenvalue weighted by Crippen LogP contribution is -2.70. The maximum Gasteiger partial charge on any atom is 0.419 e. The van der Waals surface area contributed by atoms with Crippen LogP contribution in [0.3, 0.4) is 0 Å². The molecule has 3 N–H and O–H groups in total. The van der Waals surface area contributed by atoms with Crippen molar-refractivity contribution in [2.45, 2.75) is 18.0 Å². The Labute approximate surface area is 178 Å². The van der Waals surface area contributed by atoms with E-state index in [2.05, 4.69) is 5.32 Å². The van der Waals surface area contributed by atoms with Crippen LogP contribution in [0, 0.1) is 11.3 Å². The molecule has 1 aliphatic heterocycles. The smallest absolute Gasteiger partial charge is 0.408 e. The lowest BCUT2D eigenvalue weighted by atomic mass is 9.99. The summed E-state index contributed by atoms with van der Waals surface area (Å²) in [5.74, 6) is -1.88. The molecule has 4 rings (SSSR count). The molecular weight excluding hydrogens is 420 g/mol. The SMILES string of the molecule is Cn1c(=O)oc2ccc(-c3ccc(CC(C#N)NC(=O)C4(N)CS(=O)(=O)C4)cc3)cc21. The molecule has 1 amide bonds. The number of nitrogens with one attached hydrogen (secondary N) is 1. The Bertz CT molecular complexity index is 1370. The summed E-state index contributed by atoms with van der Waals surface area (Å²) in [7, 11) is -1.63. The predicted octanol–water partition coefficient (Wildman–Crippen LogP) is 0.475. The zero-order chi connectivity index (χ0) is 22.4. The molecule has 10 heteroatoms. The number of aryl methyl sites for hydroxylation is 1. The minimum atomic E-state index is -3.28. The van der Waals surface area contributed by atoms with Crippen molar-refractivity contribution < 1.29 is 17.6 Å². The maximum atomic E-state index is 12.3. The average Bonchev–Trinajstić information content (AvgIpc) is 2.99. The summed E-state index contributed by atoms with van der Waals surface area (Å²) < 4.78 is 29.3. The molecule has 1 fully saturated rings. The van der Waals surface area contributed by atoms with Crippen molar-refractivity contribution in [2.24, 2.45) is 12.8 Å². The van der Waals surface area contributed by atoms with Crippen molar-refractivity contribution >= 4 is 26.8 Å². The molecule has 2 heterocycles. The summed E-state index contributed by atoms with van der Waals surface area (Å²) in [6.07, 6.45) is 0.251. The second-order valence-electron chi connectivity index (χ2n) is 7.85. The van der Waals surface area contributed by atoms with Crippen LogP contribution in [0.25, 0.3) is 22.2 Å². The van der Waals surface area contributed by atoms with Crippen LogP contribution in [-0.2, 0) is 28.1 Å². The second kappa shape index (κ2) is 7.37. The number of carbonyl (C=O) groups excluding carboxylic acids is 1. The number of carbonyl (C=O) groups is 1. The third-order valence-corrected chi connectivity index (χ3v) is 7.30. The van der Waals surface area contributed by atoms with E-state index in [-0.39, 0.29) is 6.42 Å². The number of nitriles is 1. The Morgan fingerprint density at radius 3 is 2.52 bits per heavy atom. The molecule has 0 radical (unpaired) electrons. The van der Waals surface area contributed by atoms with Gasteiger partial charge in [-0.15, -0.1) is 0 Å². The fourth-order valence-corrected chi connectivity index (χ4v) is 5.43. The standard InChI is InChI=1S/C21H20N4O5S/c1-25-17-9-15(6-7-18(17)30-20(25)27)14-4-2-13(3-5-14)8-16(10-22)24-19(26)21(23)11-31(28,29)12-21/h2-7,9,16H,8,11-12,23H2,1H3,(H,24,26). The molecule has 160 valence electrons. The molecule has 0 aliphatic carbocycles. The van der Waals surface area contributed by atoms with Crippen molar-refractivity contribution in [2.75, 3.05) is 11.5 Å². The summed E-state index contributed by atoms with van der Waals surface area (Å²) >= 11 is 0. The first kappa shape index (κ1) is 20.8. The zero-order valence-electron chi connectivity index (χ0n) is 16.7. The highest BCUT2D eigenvalue weighted by molar-refractivity contribution is 7.93. The number of fused-ring (bicyclic) bond motifs is 1. The molecule has 31 heavy (non-hydrogen) atoms. The van der Waals surface area contributed by atoms with Gasteiger partial charge in [-0.1, -0.05) is 30.3 Å². The number of hydrogen-bond acceptors (Lipinski definition) is 7. The number of hydrogen-bond donors (Lipinski definition) is 2. The second-order valence-corrected chi connectivity index (χ2v) is 9.92. The predicted molar refractivity (Wildman–Crippen MR) is 114 cm³/mol. The number of benzene rings is 2. The van der Waals surface area contributed by atoms with Crippen molar-refractivity contribution in [1.82, 2.24) is 9.88 Å². The van der Waals surface area contributed by atoms with Gasteiger partial charge in [-0.25, -0.2) is 13.2 Å². The normalized spacial score (nSPS) is 17.5. The Morgan fingerprint density at radius 2 is 1.90 bits per heavy atom. The van der Waals surface area contributed by atoms with Gasteiger partial charge in [0.1, 0.15) is 11.6 Å². The van der Waals surface area contributed by atoms with Gasteiger partial charge in [0.2, 0.25) is 5.91 Å². The highest BCUT2D eigenvalue weighted by Gasteiger charge is 2.51. The van der Waals surface area contributed by atoms with Crippen LogP contribution in [0.4, 0.5) is 0 Å². The Morgan fingerprint density at radius 1 is 1.26 bits per heavy atom. The van der Waals surface area contributed by atoms with Crippen LogP contribution in [0.1, 0.15) is 5.56 Å². The van der Waals surface area contributed by atoms with Crippen LogP contribution < -0.4 is 16.8 Å². The first-order valence-electron chi connectivity index (χ1n) is 9.49. The summed E-state index contributed by atoms with van der Waals surface area (Å²) in [4.78, 5) is 23.9. The maximum absolute atomic E-state index is 12.3. The van der Waals surface area contributed by atoms with Crippen LogP contribution >= 0.6 is 0 Å². The fraction of sp³-hybridized carbons (Fsp3) is 0.286. The number of amides is 1. The van der Waals surface area contributed by atoms with Crippen LogP contribution in [-0.4, -0.2) is 42.0 Å². The monoisotopic (exact) mass is 440 g/mol. The third kappa shape index (κ3) is 3.97. The highest BCUT2D eigenvalue weighted by Crippen LogP contribution is 2.25. The summed E-state index contributed by atoms with van der Waals surface area (Å²) in [6, 6.07) is 14.1. The molecular formula is C21H20N4O5S. The number of sulfone groups is 1. The molecule has 0 saturated carbocycles. The number of aromatic nitrogens is 1. The Balaban J connectivity index is 1.46. The van der Waals surface area contributed by atoms with Crippen molar-refractivity contribution in [3.8, 4) is 17.2 Å². The van der Waals surface area contributed by atoms with Gasteiger partial charge in [-0.3, -0.25) is 9.36 Å². The fourth-order valence-electron chi connectivity index (χ4n) is 3.68. The van der Waals surface area contributed by atoms with Gasteiger partial charge < -0.3 is 15.5 Å². The molecule has 1 atom stereocenters. The Kier molecular flexibility index (Phi) is 4.95. The minimum absolute atomic E-state index is 0.251. The first-order valence-corrected chi connectivity index (χ1v) is 11.3. The van der Waals surface area contributed by atoms with Gasteiger partial charge in [0.15, 0.2) is 15.4 Å². The van der Waals surface area contributed by atoms with Crippen LogP contribution in [0.2, 0.25) is 0 Å². The molecule has 3 aromatic rings. The summed E-state index contributed by atoms with van der Waals surface area (Å²) in [5, 5.41) is 11.9. The van der Waals surface area contributed by atoms with Crippen LogP contribution in [0.5, 0.6) is 0 Å². The van der Waals surface area contributed by atoms with Gasteiger partial charge in [0, 0.05) is 13.5 Å². The molecule has 0 bridgehead atoms. The molecule has 1 aliphatic rings. The summed E-state index contributed by atoms with van der Waals surface area (Å²) in [6.45, 7) is 0. The average molecular weight is 440 g/mol. The van der Waals surface area contributed by atoms with Crippen molar-refractivity contribution in [1.29, 1.82) is 5.26 Å². The quantitative estimate of drug-likeness (QED) is 0.586. The third-order valence-electron chi connectivity index (χ3n) is 5.39. The van der Waals surface area contributed by atoms with E-state index in [4.69, 9.17) is 10.2 Å². The van der Waals surface area contributed by atoms with Gasteiger partial charge in [0.05, 0.1) is 23.1 Å².